The minimum absolute atomic E-state index is 0.169. The third-order valence-corrected chi connectivity index (χ3v) is 4.58. The number of benzene rings is 3. The molecule has 0 aliphatic rings. The lowest BCUT2D eigenvalue weighted by Crippen LogP contribution is -2.26. The first-order valence-corrected chi connectivity index (χ1v) is 9.16. The molecule has 0 fully saturated rings. The maximum Gasteiger partial charge on any atom is 0.255 e. The molecule has 0 aliphatic carbocycles. The van der Waals surface area contributed by atoms with Gasteiger partial charge >= 0.3 is 0 Å². The highest BCUT2D eigenvalue weighted by molar-refractivity contribution is 6.31. The lowest BCUT2D eigenvalue weighted by atomic mass is 10.1. The van der Waals surface area contributed by atoms with E-state index in [1.807, 2.05) is 18.2 Å². The summed E-state index contributed by atoms with van der Waals surface area (Å²) in [4.78, 5) is 12.5. The smallest absolute Gasteiger partial charge is 0.255 e. The van der Waals surface area contributed by atoms with Crippen LogP contribution in [0.15, 0.2) is 66.7 Å². The van der Waals surface area contributed by atoms with Crippen molar-refractivity contribution < 1.29 is 19.7 Å². The molecule has 0 aromatic heterocycles. The van der Waals surface area contributed by atoms with Crippen molar-refractivity contribution in [3.8, 4) is 17.2 Å². The zero-order chi connectivity index (χ0) is 19.9. The molecule has 0 atom stereocenters. The Hall–Kier alpha value is -3.18. The summed E-state index contributed by atoms with van der Waals surface area (Å²) in [5, 5.41) is 22.3. The van der Waals surface area contributed by atoms with Crippen molar-refractivity contribution in [3.63, 3.8) is 0 Å². The number of hydrogen-bond donors (Lipinski definition) is 3. The second-order valence-electron chi connectivity index (χ2n) is 6.21. The number of rotatable bonds is 7. The van der Waals surface area contributed by atoms with Crippen LogP contribution in [0.4, 0.5) is 0 Å². The molecule has 144 valence electrons. The number of nitrogens with one attached hydrogen (secondary N) is 1. The highest BCUT2D eigenvalue weighted by Crippen LogP contribution is 2.25. The molecule has 0 saturated carbocycles. The van der Waals surface area contributed by atoms with E-state index >= 15 is 0 Å². The van der Waals surface area contributed by atoms with Gasteiger partial charge in [0.15, 0.2) is 11.5 Å². The Bertz CT molecular complexity index is 974. The highest BCUT2D eigenvalue weighted by Gasteiger charge is 2.12. The highest BCUT2D eigenvalue weighted by atomic mass is 35.5. The molecule has 0 saturated heterocycles. The predicted molar refractivity (Wildman–Crippen MR) is 108 cm³/mol. The van der Waals surface area contributed by atoms with Gasteiger partial charge in [-0.15, -0.1) is 0 Å². The molecule has 0 spiro atoms. The molecule has 3 rings (SSSR count). The van der Waals surface area contributed by atoms with Crippen LogP contribution in [0, 0.1) is 0 Å². The van der Waals surface area contributed by atoms with Crippen molar-refractivity contribution in [3.05, 3.63) is 88.4 Å². The van der Waals surface area contributed by atoms with Crippen LogP contribution in [0.1, 0.15) is 21.5 Å². The van der Waals surface area contributed by atoms with E-state index in [0.717, 1.165) is 11.1 Å². The Kier molecular flexibility index (Phi) is 6.40. The summed E-state index contributed by atoms with van der Waals surface area (Å²) in [5.74, 6) is -0.125. The zero-order valence-electron chi connectivity index (χ0n) is 15.1. The first kappa shape index (κ1) is 19.6. The summed E-state index contributed by atoms with van der Waals surface area (Å²) in [5.41, 5.74) is 2.08. The van der Waals surface area contributed by atoms with E-state index in [9.17, 15) is 15.0 Å². The Balaban J connectivity index is 1.60. The van der Waals surface area contributed by atoms with Crippen molar-refractivity contribution >= 4 is 17.5 Å². The number of amides is 1. The topological polar surface area (TPSA) is 78.8 Å². The van der Waals surface area contributed by atoms with Gasteiger partial charge in [0, 0.05) is 17.1 Å². The maximum atomic E-state index is 12.5. The number of para-hydroxylation sites is 1. The fraction of sp³-hybridized carbons (Fsp3) is 0.136. The molecule has 0 unspecified atom stereocenters. The number of phenolic OH excluding ortho intramolecular Hbond substituents is 2. The van der Waals surface area contributed by atoms with Crippen LogP contribution in [0.2, 0.25) is 5.02 Å². The molecule has 3 aromatic rings. The molecule has 6 heteroatoms. The first-order valence-electron chi connectivity index (χ1n) is 8.79. The zero-order valence-corrected chi connectivity index (χ0v) is 15.8. The van der Waals surface area contributed by atoms with E-state index in [0.29, 0.717) is 29.3 Å². The summed E-state index contributed by atoms with van der Waals surface area (Å²) in [6.45, 7) is 0.638. The second kappa shape index (κ2) is 9.15. The summed E-state index contributed by atoms with van der Waals surface area (Å²) in [7, 11) is 0. The SMILES string of the molecule is O=C(NCCc1ccc(O)c(O)c1)c1ccccc1OCc1ccccc1Cl. The van der Waals surface area contributed by atoms with Crippen LogP contribution < -0.4 is 10.1 Å². The van der Waals surface area contributed by atoms with E-state index in [1.165, 1.54) is 12.1 Å². The minimum atomic E-state index is -0.252. The summed E-state index contributed by atoms with van der Waals surface area (Å²) in [6, 6.07) is 19.0. The van der Waals surface area contributed by atoms with Crippen molar-refractivity contribution in [2.75, 3.05) is 6.54 Å². The monoisotopic (exact) mass is 397 g/mol. The molecule has 1 amide bonds. The fourth-order valence-electron chi connectivity index (χ4n) is 2.69. The molecule has 0 bridgehead atoms. The average Bonchev–Trinajstić information content (AvgIpc) is 2.70. The summed E-state index contributed by atoms with van der Waals surface area (Å²) in [6.07, 6.45) is 0.516. The van der Waals surface area contributed by atoms with Gasteiger partial charge in [0.2, 0.25) is 0 Å². The molecular formula is C22H20ClNO4. The summed E-state index contributed by atoms with van der Waals surface area (Å²) >= 11 is 6.15. The van der Waals surface area contributed by atoms with Crippen LogP contribution in [-0.2, 0) is 13.0 Å². The van der Waals surface area contributed by atoms with Gasteiger partial charge in [-0.05, 0) is 42.3 Å². The molecule has 0 aliphatic heterocycles. The van der Waals surface area contributed by atoms with E-state index in [4.69, 9.17) is 16.3 Å². The average molecular weight is 398 g/mol. The molecule has 5 nitrogen and oxygen atoms in total. The minimum Gasteiger partial charge on any atom is -0.504 e. The van der Waals surface area contributed by atoms with E-state index < -0.39 is 0 Å². The Morgan fingerprint density at radius 2 is 1.71 bits per heavy atom. The van der Waals surface area contributed by atoms with Crippen LogP contribution in [0.5, 0.6) is 17.2 Å². The van der Waals surface area contributed by atoms with Gasteiger partial charge in [-0.2, -0.15) is 0 Å². The lowest BCUT2D eigenvalue weighted by Gasteiger charge is -2.12. The summed E-state index contributed by atoms with van der Waals surface area (Å²) < 4.78 is 5.81. The Morgan fingerprint density at radius 3 is 2.50 bits per heavy atom. The van der Waals surface area contributed by atoms with Gasteiger partial charge in [-0.3, -0.25) is 4.79 Å². The van der Waals surface area contributed by atoms with Crippen molar-refractivity contribution in [1.29, 1.82) is 0 Å². The molecule has 28 heavy (non-hydrogen) atoms. The number of carbonyl (C=O) groups excluding carboxylic acids is 1. The molecule has 3 aromatic carbocycles. The van der Waals surface area contributed by atoms with Crippen LogP contribution in [0.3, 0.4) is 0 Å². The van der Waals surface area contributed by atoms with Crippen molar-refractivity contribution in [1.82, 2.24) is 5.32 Å². The number of aromatic hydroxyl groups is 2. The fourth-order valence-corrected chi connectivity index (χ4v) is 2.88. The first-order chi connectivity index (χ1) is 13.5. The van der Waals surface area contributed by atoms with Crippen LogP contribution in [0.25, 0.3) is 0 Å². The number of ether oxygens (including phenoxy) is 1. The van der Waals surface area contributed by atoms with E-state index in [2.05, 4.69) is 5.32 Å². The standard InChI is InChI=1S/C22H20ClNO4/c23-18-7-3-1-5-16(18)14-28-21-8-4-2-6-17(21)22(27)24-12-11-15-9-10-19(25)20(26)13-15/h1-10,13,25-26H,11-12,14H2,(H,24,27). The van der Waals surface area contributed by atoms with Crippen LogP contribution >= 0.6 is 11.6 Å². The number of phenols is 2. The number of carbonyl (C=O) groups is 1. The van der Waals surface area contributed by atoms with Gasteiger partial charge in [0.1, 0.15) is 12.4 Å². The third kappa shape index (κ3) is 4.96. The van der Waals surface area contributed by atoms with Gasteiger partial charge in [0.05, 0.1) is 5.56 Å². The lowest BCUT2D eigenvalue weighted by molar-refractivity contribution is 0.0949. The predicted octanol–water partition coefficient (Wildman–Crippen LogP) is 4.30. The largest absolute Gasteiger partial charge is 0.504 e. The van der Waals surface area contributed by atoms with Gasteiger partial charge in [-0.25, -0.2) is 0 Å². The number of hydrogen-bond acceptors (Lipinski definition) is 4. The van der Waals surface area contributed by atoms with Gasteiger partial charge in [0.25, 0.3) is 5.91 Å². The normalized spacial score (nSPS) is 10.5. The third-order valence-electron chi connectivity index (χ3n) is 4.21. The van der Waals surface area contributed by atoms with Crippen molar-refractivity contribution in [2.24, 2.45) is 0 Å². The van der Waals surface area contributed by atoms with E-state index in [-0.39, 0.29) is 24.0 Å². The Labute approximate surface area is 168 Å². The quantitative estimate of drug-likeness (QED) is 0.519. The van der Waals surface area contributed by atoms with Gasteiger partial charge < -0.3 is 20.3 Å². The molecule has 3 N–H and O–H groups in total. The number of halogens is 1. The second-order valence-corrected chi connectivity index (χ2v) is 6.61. The van der Waals surface area contributed by atoms with Crippen LogP contribution in [-0.4, -0.2) is 22.7 Å². The molecule has 0 radical (unpaired) electrons. The van der Waals surface area contributed by atoms with E-state index in [1.54, 1.807) is 36.4 Å². The Morgan fingerprint density at radius 1 is 0.964 bits per heavy atom. The van der Waals surface area contributed by atoms with Gasteiger partial charge in [-0.1, -0.05) is 48.0 Å². The molecule has 0 heterocycles. The molecular weight excluding hydrogens is 378 g/mol. The van der Waals surface area contributed by atoms with Crippen molar-refractivity contribution in [2.45, 2.75) is 13.0 Å². The maximum absolute atomic E-state index is 12.5.